The lowest BCUT2D eigenvalue weighted by molar-refractivity contribution is -0.136. The normalized spacial score (nSPS) is 25.8. The van der Waals surface area contributed by atoms with Gasteiger partial charge in [-0.25, -0.2) is 4.98 Å². The number of thiazole rings is 1. The van der Waals surface area contributed by atoms with Crippen molar-refractivity contribution in [1.82, 2.24) is 20.1 Å². The summed E-state index contributed by atoms with van der Waals surface area (Å²) in [6.45, 7) is 6.28. The summed E-state index contributed by atoms with van der Waals surface area (Å²) in [4.78, 5) is 34.5. The van der Waals surface area contributed by atoms with E-state index in [0.29, 0.717) is 56.2 Å². The highest BCUT2D eigenvalue weighted by molar-refractivity contribution is 7.11. The summed E-state index contributed by atoms with van der Waals surface area (Å²) in [5.74, 6) is 0.985. The van der Waals surface area contributed by atoms with Gasteiger partial charge in [0.2, 0.25) is 5.91 Å². The lowest BCUT2D eigenvalue weighted by atomic mass is 10.1. The number of rotatable bonds is 7. The number of hydrogen-bond donors (Lipinski definition) is 1. The van der Waals surface area contributed by atoms with Crippen LogP contribution in [0.4, 0.5) is 0 Å². The molecular formula is C20H30N4O3S. The summed E-state index contributed by atoms with van der Waals surface area (Å²) in [6.07, 6.45) is 5.24. The van der Waals surface area contributed by atoms with E-state index in [1.807, 2.05) is 11.8 Å². The third-order valence-corrected chi connectivity index (χ3v) is 7.09. The molecule has 0 aromatic carbocycles. The Hall–Kier alpha value is -1.51. The molecule has 3 aliphatic rings. The van der Waals surface area contributed by atoms with E-state index in [2.05, 4.69) is 15.2 Å². The number of hydrogen-bond acceptors (Lipinski definition) is 6. The van der Waals surface area contributed by atoms with Gasteiger partial charge in [0.25, 0.3) is 5.91 Å². The van der Waals surface area contributed by atoms with Crippen molar-refractivity contribution < 1.29 is 14.3 Å². The van der Waals surface area contributed by atoms with Gasteiger partial charge in [0.05, 0.1) is 24.4 Å². The number of morpholine rings is 1. The van der Waals surface area contributed by atoms with Crippen molar-refractivity contribution in [3.8, 4) is 0 Å². The van der Waals surface area contributed by atoms with Crippen molar-refractivity contribution in [3.05, 3.63) is 16.1 Å². The van der Waals surface area contributed by atoms with Crippen molar-refractivity contribution in [2.24, 2.45) is 5.92 Å². The molecule has 1 aliphatic carbocycles. The van der Waals surface area contributed by atoms with Crippen LogP contribution in [0.2, 0.25) is 0 Å². The topological polar surface area (TPSA) is 74.8 Å². The Morgan fingerprint density at radius 2 is 1.96 bits per heavy atom. The monoisotopic (exact) mass is 406 g/mol. The van der Waals surface area contributed by atoms with Crippen LogP contribution in [0.1, 0.15) is 47.5 Å². The van der Waals surface area contributed by atoms with Gasteiger partial charge in [-0.3, -0.25) is 14.5 Å². The summed E-state index contributed by atoms with van der Waals surface area (Å²) in [5, 5.41) is 3.11. The molecule has 154 valence electrons. The van der Waals surface area contributed by atoms with Crippen LogP contribution in [0.5, 0.6) is 0 Å². The number of carbonyl (C=O) groups is 2. The molecule has 1 aromatic rings. The minimum absolute atomic E-state index is 0.0285. The Morgan fingerprint density at radius 3 is 2.64 bits per heavy atom. The Balaban J connectivity index is 1.34. The van der Waals surface area contributed by atoms with Gasteiger partial charge in [-0.15, -0.1) is 11.3 Å². The zero-order valence-corrected chi connectivity index (χ0v) is 17.4. The first kappa shape index (κ1) is 19.8. The fraction of sp³-hybridized carbons (Fsp3) is 0.750. The molecule has 0 spiro atoms. The average Bonchev–Trinajstić information content (AvgIpc) is 3.31. The highest BCUT2D eigenvalue weighted by atomic mass is 32.1. The number of amides is 2. The first-order chi connectivity index (χ1) is 13.6. The number of aryl methyl sites for hydroxylation is 1. The van der Waals surface area contributed by atoms with Gasteiger partial charge in [-0.1, -0.05) is 0 Å². The summed E-state index contributed by atoms with van der Waals surface area (Å²) in [5.41, 5.74) is 2.50. The molecule has 28 heavy (non-hydrogen) atoms. The van der Waals surface area contributed by atoms with Crippen LogP contribution in [0, 0.1) is 12.8 Å². The van der Waals surface area contributed by atoms with E-state index < -0.39 is 0 Å². The smallest absolute Gasteiger partial charge is 0.263 e. The van der Waals surface area contributed by atoms with Gasteiger partial charge in [0, 0.05) is 44.7 Å². The summed E-state index contributed by atoms with van der Waals surface area (Å²) >= 11 is 1.39. The van der Waals surface area contributed by atoms with E-state index in [1.165, 1.54) is 24.2 Å². The second-order valence-electron chi connectivity index (χ2n) is 8.20. The van der Waals surface area contributed by atoms with Crippen LogP contribution in [0.25, 0.3) is 0 Å². The maximum Gasteiger partial charge on any atom is 0.263 e. The van der Waals surface area contributed by atoms with Gasteiger partial charge in [-0.2, -0.15) is 0 Å². The van der Waals surface area contributed by atoms with Crippen molar-refractivity contribution in [1.29, 1.82) is 0 Å². The summed E-state index contributed by atoms with van der Waals surface area (Å²) < 4.78 is 5.36. The second kappa shape index (κ2) is 8.88. The lowest BCUT2D eigenvalue weighted by Gasteiger charge is -2.33. The van der Waals surface area contributed by atoms with Crippen LogP contribution >= 0.6 is 11.3 Å². The number of carbonyl (C=O) groups excluding carboxylic acids is 2. The molecule has 4 rings (SSSR count). The molecule has 3 fully saturated rings. The molecule has 2 atom stereocenters. The van der Waals surface area contributed by atoms with Crippen LogP contribution in [-0.2, 0) is 9.53 Å². The van der Waals surface area contributed by atoms with Gasteiger partial charge in [-0.05, 0) is 38.5 Å². The molecular weight excluding hydrogens is 376 g/mol. The zero-order valence-electron chi connectivity index (χ0n) is 16.6. The van der Waals surface area contributed by atoms with Crippen molar-refractivity contribution in [2.75, 3.05) is 39.4 Å². The van der Waals surface area contributed by atoms with E-state index >= 15 is 0 Å². The van der Waals surface area contributed by atoms with Crippen molar-refractivity contribution in [3.63, 3.8) is 0 Å². The van der Waals surface area contributed by atoms with Crippen LogP contribution < -0.4 is 5.32 Å². The Bertz CT molecular complexity index is 699. The number of aromatic nitrogens is 1. The summed E-state index contributed by atoms with van der Waals surface area (Å²) in [7, 11) is 0. The third kappa shape index (κ3) is 4.72. The van der Waals surface area contributed by atoms with Gasteiger partial charge in [0.15, 0.2) is 0 Å². The standard InChI is InChI=1S/C20H30N4O3S/c1-14-19(28-13-22-14)20(26)21-11-17-5-4-16(24(17)12-15-2-3-15)10-18(25)23-6-8-27-9-7-23/h13,15-17H,2-12H2,1H3,(H,21,26)/t16-,17+/m1/s1. The van der Waals surface area contributed by atoms with E-state index in [9.17, 15) is 9.59 Å². The second-order valence-corrected chi connectivity index (χ2v) is 9.05. The lowest BCUT2D eigenvalue weighted by Crippen LogP contribution is -2.47. The zero-order chi connectivity index (χ0) is 19.5. The molecule has 2 amide bonds. The fourth-order valence-electron chi connectivity index (χ4n) is 4.30. The van der Waals surface area contributed by atoms with E-state index in [1.54, 1.807) is 5.51 Å². The third-order valence-electron chi connectivity index (χ3n) is 6.16. The number of ether oxygens (including phenoxy) is 1. The van der Waals surface area contributed by atoms with Crippen molar-refractivity contribution in [2.45, 2.75) is 51.1 Å². The van der Waals surface area contributed by atoms with Crippen molar-refractivity contribution >= 4 is 23.2 Å². The molecule has 1 aromatic heterocycles. The molecule has 1 saturated carbocycles. The van der Waals surface area contributed by atoms with Crippen LogP contribution in [-0.4, -0.2) is 78.1 Å². The molecule has 1 N–H and O–H groups in total. The SMILES string of the molecule is Cc1ncsc1C(=O)NC[C@@H]1CC[C@H](CC(=O)N2CCOCC2)N1CC1CC1. The molecule has 0 bridgehead atoms. The summed E-state index contributed by atoms with van der Waals surface area (Å²) in [6, 6.07) is 0.614. The molecule has 2 aliphatic heterocycles. The van der Waals surface area contributed by atoms with Crippen LogP contribution in [0.3, 0.4) is 0 Å². The number of nitrogens with one attached hydrogen (secondary N) is 1. The number of nitrogens with zero attached hydrogens (tertiary/aromatic N) is 3. The van der Waals surface area contributed by atoms with Gasteiger partial charge < -0.3 is 15.0 Å². The maximum atomic E-state index is 12.7. The molecule has 0 unspecified atom stereocenters. The quantitative estimate of drug-likeness (QED) is 0.746. The van der Waals surface area contributed by atoms with Gasteiger partial charge >= 0.3 is 0 Å². The van der Waals surface area contributed by atoms with E-state index in [0.717, 1.165) is 31.0 Å². The van der Waals surface area contributed by atoms with Crippen LogP contribution in [0.15, 0.2) is 5.51 Å². The molecule has 2 saturated heterocycles. The fourth-order valence-corrected chi connectivity index (χ4v) is 5.02. The average molecular weight is 407 g/mol. The molecule has 3 heterocycles. The first-order valence-corrected chi connectivity index (χ1v) is 11.3. The minimum Gasteiger partial charge on any atom is -0.378 e. The van der Waals surface area contributed by atoms with Gasteiger partial charge in [0.1, 0.15) is 4.88 Å². The molecule has 7 nitrogen and oxygen atoms in total. The maximum absolute atomic E-state index is 12.7. The predicted octanol–water partition coefficient (Wildman–Crippen LogP) is 1.67. The largest absolute Gasteiger partial charge is 0.378 e. The Labute approximate surface area is 170 Å². The van der Waals surface area contributed by atoms with E-state index in [-0.39, 0.29) is 11.8 Å². The Morgan fingerprint density at radius 1 is 1.21 bits per heavy atom. The van der Waals surface area contributed by atoms with E-state index in [4.69, 9.17) is 4.74 Å². The predicted molar refractivity (Wildman–Crippen MR) is 107 cm³/mol. The molecule has 8 heteroatoms. The molecule has 0 radical (unpaired) electrons. The highest BCUT2D eigenvalue weighted by Gasteiger charge is 2.38. The highest BCUT2D eigenvalue weighted by Crippen LogP contribution is 2.35. The first-order valence-electron chi connectivity index (χ1n) is 10.4. The number of likely N-dealkylation sites (tertiary alicyclic amines) is 1. The Kier molecular flexibility index (Phi) is 6.28. The minimum atomic E-state index is -0.0285.